The lowest BCUT2D eigenvalue weighted by atomic mass is 10.00. The summed E-state index contributed by atoms with van der Waals surface area (Å²) in [6.07, 6.45) is 1.62. The molecule has 2 amide bonds. The molecule has 2 atom stereocenters. The Balaban J connectivity index is 2.02. The smallest absolute Gasteiger partial charge is 0.237 e. The van der Waals surface area contributed by atoms with E-state index in [1.807, 2.05) is 13.0 Å². The number of benzene rings is 1. The van der Waals surface area contributed by atoms with Crippen LogP contribution in [0.5, 0.6) is 0 Å². The van der Waals surface area contributed by atoms with Crippen LogP contribution in [0.25, 0.3) is 0 Å². The van der Waals surface area contributed by atoms with Gasteiger partial charge < -0.3 is 0 Å². The van der Waals surface area contributed by atoms with Gasteiger partial charge in [0.1, 0.15) is 0 Å². The first-order valence-corrected chi connectivity index (χ1v) is 7.90. The summed E-state index contributed by atoms with van der Waals surface area (Å²) >= 11 is 9.57. The molecular weight excluding hydrogens is 342 g/mol. The number of carbonyl (C=O) groups is 2. The zero-order valence-corrected chi connectivity index (χ0v) is 13.7. The number of aryl methyl sites for hydroxylation is 1. The summed E-state index contributed by atoms with van der Waals surface area (Å²) < 4.78 is 0.731. The largest absolute Gasteiger partial charge is 0.274 e. The van der Waals surface area contributed by atoms with Crippen LogP contribution in [-0.2, 0) is 9.59 Å². The van der Waals surface area contributed by atoms with E-state index in [1.54, 1.807) is 6.07 Å². The first-order valence-electron chi connectivity index (χ1n) is 6.73. The molecule has 0 radical (unpaired) electrons. The molecule has 3 rings (SSSR count). The van der Waals surface area contributed by atoms with Crippen molar-refractivity contribution >= 4 is 45.0 Å². The van der Waals surface area contributed by atoms with Gasteiger partial charge in [-0.1, -0.05) is 18.5 Å². The Hall–Kier alpha value is -0.870. The average Bonchev–Trinajstić information content (AvgIpc) is 2.85. The van der Waals surface area contributed by atoms with Gasteiger partial charge in [0.15, 0.2) is 0 Å². The molecular formula is C15H15BrClNO2. The minimum absolute atomic E-state index is 0.0787. The van der Waals surface area contributed by atoms with Gasteiger partial charge in [-0.05, 0) is 59.3 Å². The summed E-state index contributed by atoms with van der Waals surface area (Å²) in [6, 6.07) is 3.54. The van der Waals surface area contributed by atoms with E-state index >= 15 is 0 Å². The highest BCUT2D eigenvalue weighted by Crippen LogP contribution is 2.46. The Morgan fingerprint density at radius 3 is 2.30 bits per heavy atom. The number of anilines is 1. The molecule has 1 aromatic rings. The summed E-state index contributed by atoms with van der Waals surface area (Å²) in [6.45, 7) is 3.99. The van der Waals surface area contributed by atoms with Crippen molar-refractivity contribution in [1.29, 1.82) is 0 Å². The predicted molar refractivity (Wildman–Crippen MR) is 81.8 cm³/mol. The SMILES string of the molecule is Cc1cc(Br)c(N2C(=O)C3CC(C)CC3C2=O)cc1Cl. The van der Waals surface area contributed by atoms with Gasteiger partial charge in [-0.2, -0.15) is 0 Å². The Kier molecular flexibility index (Phi) is 3.41. The molecule has 1 aromatic carbocycles. The maximum absolute atomic E-state index is 12.5. The number of nitrogens with zero attached hydrogens (tertiary/aromatic N) is 1. The molecule has 3 nitrogen and oxygen atoms in total. The Bertz CT molecular complexity index is 592. The fraction of sp³-hybridized carbons (Fsp3) is 0.467. The molecule has 1 aliphatic carbocycles. The van der Waals surface area contributed by atoms with Gasteiger partial charge in [-0.15, -0.1) is 0 Å². The molecule has 2 unspecified atom stereocenters. The third-order valence-corrected chi connectivity index (χ3v) is 5.38. The topological polar surface area (TPSA) is 37.4 Å². The van der Waals surface area contributed by atoms with E-state index in [0.717, 1.165) is 22.9 Å². The molecule has 0 N–H and O–H groups in total. The quantitative estimate of drug-likeness (QED) is 0.715. The number of rotatable bonds is 1. The van der Waals surface area contributed by atoms with Crippen LogP contribution < -0.4 is 4.90 Å². The molecule has 0 spiro atoms. The number of fused-ring (bicyclic) bond motifs is 1. The van der Waals surface area contributed by atoms with Gasteiger partial charge in [0, 0.05) is 9.50 Å². The zero-order valence-electron chi connectivity index (χ0n) is 11.3. The highest BCUT2D eigenvalue weighted by Gasteiger charge is 2.52. The van der Waals surface area contributed by atoms with Crippen molar-refractivity contribution in [3.8, 4) is 0 Å². The molecule has 1 aliphatic heterocycles. The summed E-state index contributed by atoms with van der Waals surface area (Å²) in [5, 5.41) is 0.564. The van der Waals surface area contributed by atoms with Crippen molar-refractivity contribution in [3.05, 3.63) is 27.2 Å². The van der Waals surface area contributed by atoms with Crippen LogP contribution in [0.15, 0.2) is 16.6 Å². The number of hydrogen-bond acceptors (Lipinski definition) is 2. The molecule has 1 saturated heterocycles. The highest BCUT2D eigenvalue weighted by atomic mass is 79.9. The molecule has 0 bridgehead atoms. The third-order valence-electron chi connectivity index (χ3n) is 4.34. The van der Waals surface area contributed by atoms with Crippen molar-refractivity contribution in [2.24, 2.45) is 17.8 Å². The predicted octanol–water partition coefficient (Wildman–Crippen LogP) is 3.95. The second-order valence-electron chi connectivity index (χ2n) is 5.85. The van der Waals surface area contributed by atoms with E-state index in [2.05, 4.69) is 22.9 Å². The number of amides is 2. The summed E-state index contributed by atoms with van der Waals surface area (Å²) in [5.41, 5.74) is 1.48. The molecule has 5 heteroatoms. The monoisotopic (exact) mass is 355 g/mol. The number of hydrogen-bond donors (Lipinski definition) is 0. The Morgan fingerprint density at radius 2 is 1.75 bits per heavy atom. The van der Waals surface area contributed by atoms with Gasteiger partial charge in [0.25, 0.3) is 0 Å². The lowest BCUT2D eigenvalue weighted by Gasteiger charge is -2.19. The third kappa shape index (κ3) is 2.01. The second-order valence-corrected chi connectivity index (χ2v) is 7.12. The van der Waals surface area contributed by atoms with E-state index in [9.17, 15) is 9.59 Å². The van der Waals surface area contributed by atoms with E-state index in [4.69, 9.17) is 11.6 Å². The van der Waals surface area contributed by atoms with E-state index in [-0.39, 0.29) is 23.7 Å². The fourth-order valence-electron chi connectivity index (χ4n) is 3.32. The number of imide groups is 1. The minimum atomic E-state index is -0.149. The zero-order chi connectivity index (χ0) is 14.6. The Morgan fingerprint density at radius 1 is 1.20 bits per heavy atom. The molecule has 1 heterocycles. The van der Waals surface area contributed by atoms with Crippen molar-refractivity contribution in [1.82, 2.24) is 0 Å². The van der Waals surface area contributed by atoms with Crippen LogP contribution in [0.2, 0.25) is 5.02 Å². The molecule has 0 aromatic heterocycles. The fourth-order valence-corrected chi connectivity index (χ4v) is 4.12. The van der Waals surface area contributed by atoms with E-state index in [1.165, 1.54) is 4.90 Å². The first-order chi connectivity index (χ1) is 9.40. The van der Waals surface area contributed by atoms with Crippen LogP contribution in [-0.4, -0.2) is 11.8 Å². The van der Waals surface area contributed by atoms with E-state index < -0.39 is 0 Å². The van der Waals surface area contributed by atoms with Gasteiger partial charge in [0.2, 0.25) is 11.8 Å². The van der Waals surface area contributed by atoms with Crippen LogP contribution in [0.3, 0.4) is 0 Å². The van der Waals surface area contributed by atoms with Gasteiger partial charge in [-0.3, -0.25) is 9.59 Å². The maximum Gasteiger partial charge on any atom is 0.237 e. The minimum Gasteiger partial charge on any atom is -0.274 e. The molecule has 20 heavy (non-hydrogen) atoms. The van der Waals surface area contributed by atoms with Crippen molar-refractivity contribution in [2.75, 3.05) is 4.90 Å². The van der Waals surface area contributed by atoms with E-state index in [0.29, 0.717) is 16.6 Å². The van der Waals surface area contributed by atoms with Crippen LogP contribution >= 0.6 is 27.5 Å². The van der Waals surface area contributed by atoms with Gasteiger partial charge >= 0.3 is 0 Å². The van der Waals surface area contributed by atoms with Crippen molar-refractivity contribution in [3.63, 3.8) is 0 Å². The molecule has 2 aliphatic rings. The lowest BCUT2D eigenvalue weighted by Crippen LogP contribution is -2.32. The van der Waals surface area contributed by atoms with Gasteiger partial charge in [0.05, 0.1) is 17.5 Å². The highest BCUT2D eigenvalue weighted by molar-refractivity contribution is 9.10. The molecule has 2 fully saturated rings. The average molecular weight is 357 g/mol. The van der Waals surface area contributed by atoms with Crippen LogP contribution in [0.4, 0.5) is 5.69 Å². The standard InChI is InChI=1S/C15H15BrClNO2/c1-7-3-9-10(4-7)15(20)18(14(9)19)13-6-12(17)8(2)5-11(13)16/h5-7,9-10H,3-4H2,1-2H3. The lowest BCUT2D eigenvalue weighted by molar-refractivity contribution is -0.123. The summed E-state index contributed by atoms with van der Waals surface area (Å²) in [5.74, 6) is -0.00556. The second kappa shape index (κ2) is 4.85. The molecule has 1 saturated carbocycles. The number of carbonyl (C=O) groups excluding carboxylic acids is 2. The normalized spacial score (nSPS) is 29.2. The Labute approximate surface area is 131 Å². The maximum atomic E-state index is 12.5. The van der Waals surface area contributed by atoms with Gasteiger partial charge in [-0.25, -0.2) is 4.90 Å². The summed E-state index contributed by atoms with van der Waals surface area (Å²) in [7, 11) is 0. The first kappa shape index (κ1) is 14.1. The van der Waals surface area contributed by atoms with Crippen LogP contribution in [0, 0.1) is 24.7 Å². The van der Waals surface area contributed by atoms with Crippen LogP contribution in [0.1, 0.15) is 25.3 Å². The van der Waals surface area contributed by atoms with Crippen molar-refractivity contribution < 1.29 is 9.59 Å². The van der Waals surface area contributed by atoms with Crippen molar-refractivity contribution in [2.45, 2.75) is 26.7 Å². The summed E-state index contributed by atoms with van der Waals surface area (Å²) in [4.78, 5) is 26.4. The molecule has 106 valence electrons. The number of halogens is 2.